The summed E-state index contributed by atoms with van der Waals surface area (Å²) in [6, 6.07) is 16.9. The van der Waals surface area contributed by atoms with Crippen LogP contribution < -0.4 is 14.3 Å². The Labute approximate surface area is 187 Å². The number of carbonyl (C=O) groups excluding carboxylic acids is 2. The first kappa shape index (κ1) is 20.3. The summed E-state index contributed by atoms with van der Waals surface area (Å²) in [6.45, 7) is 2.90. The Morgan fingerprint density at radius 3 is 2.62 bits per heavy atom. The van der Waals surface area contributed by atoms with Gasteiger partial charge in [-0.2, -0.15) is 4.99 Å². The van der Waals surface area contributed by atoms with Crippen LogP contribution >= 0.6 is 11.3 Å². The van der Waals surface area contributed by atoms with Gasteiger partial charge in [-0.25, -0.2) is 0 Å². The van der Waals surface area contributed by atoms with E-state index in [0.29, 0.717) is 35.1 Å². The Morgan fingerprint density at radius 2 is 1.81 bits per heavy atom. The molecule has 3 aromatic carbocycles. The van der Waals surface area contributed by atoms with Crippen molar-refractivity contribution in [2.45, 2.75) is 13.5 Å². The number of esters is 1. The minimum Gasteiger partial charge on any atom is -0.486 e. The molecule has 0 spiro atoms. The molecule has 0 saturated carbocycles. The summed E-state index contributed by atoms with van der Waals surface area (Å²) in [5.41, 5.74) is 1.24. The SMILES string of the molecule is CCOC(=O)Cn1c(=NC(=O)c2cccc3ccccc23)sc2cc3c(cc21)OCCO3. The second-order valence-electron chi connectivity index (χ2n) is 7.18. The van der Waals surface area contributed by atoms with Gasteiger partial charge in [0.25, 0.3) is 5.91 Å². The van der Waals surface area contributed by atoms with Gasteiger partial charge in [-0.05, 0) is 23.8 Å². The number of hydrogen-bond acceptors (Lipinski definition) is 6. The summed E-state index contributed by atoms with van der Waals surface area (Å²) in [5, 5.41) is 1.80. The highest BCUT2D eigenvalue weighted by atomic mass is 32.1. The highest BCUT2D eigenvalue weighted by molar-refractivity contribution is 7.16. The number of nitrogens with zero attached hydrogens (tertiary/aromatic N) is 2. The molecular weight excluding hydrogens is 428 g/mol. The number of aromatic nitrogens is 1. The lowest BCUT2D eigenvalue weighted by Gasteiger charge is -2.18. The monoisotopic (exact) mass is 448 g/mol. The maximum atomic E-state index is 13.2. The number of ether oxygens (including phenoxy) is 3. The molecule has 1 amide bonds. The fourth-order valence-corrected chi connectivity index (χ4v) is 4.78. The van der Waals surface area contributed by atoms with Gasteiger partial charge in [0.1, 0.15) is 19.8 Å². The van der Waals surface area contributed by atoms with Crippen molar-refractivity contribution >= 4 is 44.2 Å². The third kappa shape index (κ3) is 3.73. The van der Waals surface area contributed by atoms with Crippen LogP contribution in [0.1, 0.15) is 17.3 Å². The average molecular weight is 449 g/mol. The van der Waals surface area contributed by atoms with E-state index in [1.807, 2.05) is 48.5 Å². The van der Waals surface area contributed by atoms with Crippen LogP contribution in [-0.2, 0) is 16.1 Å². The van der Waals surface area contributed by atoms with Gasteiger partial charge in [-0.15, -0.1) is 0 Å². The van der Waals surface area contributed by atoms with Crippen LogP contribution in [0.4, 0.5) is 0 Å². The summed E-state index contributed by atoms with van der Waals surface area (Å²) in [6.07, 6.45) is 0. The highest BCUT2D eigenvalue weighted by Crippen LogP contribution is 2.35. The molecule has 0 aliphatic carbocycles. The van der Waals surface area contributed by atoms with Gasteiger partial charge in [-0.1, -0.05) is 47.7 Å². The van der Waals surface area contributed by atoms with Crippen molar-refractivity contribution in [2.24, 2.45) is 4.99 Å². The van der Waals surface area contributed by atoms with Crippen molar-refractivity contribution in [3.05, 3.63) is 65.0 Å². The number of carbonyl (C=O) groups is 2. The normalized spacial score (nSPS) is 13.5. The first-order chi connectivity index (χ1) is 15.6. The summed E-state index contributed by atoms with van der Waals surface area (Å²) in [7, 11) is 0. The molecule has 1 aliphatic rings. The van der Waals surface area contributed by atoms with E-state index in [-0.39, 0.29) is 19.1 Å². The highest BCUT2D eigenvalue weighted by Gasteiger charge is 2.19. The molecule has 1 aromatic heterocycles. The van der Waals surface area contributed by atoms with Crippen molar-refractivity contribution in [3.8, 4) is 11.5 Å². The maximum Gasteiger partial charge on any atom is 0.326 e. The number of fused-ring (bicyclic) bond motifs is 3. The minimum atomic E-state index is -0.402. The van der Waals surface area contributed by atoms with E-state index in [2.05, 4.69) is 4.99 Å². The molecule has 8 heteroatoms. The van der Waals surface area contributed by atoms with Crippen LogP contribution in [0.5, 0.6) is 11.5 Å². The van der Waals surface area contributed by atoms with Crippen LogP contribution in [-0.4, -0.2) is 36.3 Å². The number of hydrogen-bond donors (Lipinski definition) is 0. The van der Waals surface area contributed by atoms with Gasteiger partial charge in [0, 0.05) is 17.7 Å². The molecule has 1 aliphatic heterocycles. The van der Waals surface area contributed by atoms with E-state index in [0.717, 1.165) is 21.0 Å². The molecular formula is C24H20N2O5S. The van der Waals surface area contributed by atoms with Gasteiger partial charge < -0.3 is 18.8 Å². The van der Waals surface area contributed by atoms with Gasteiger partial charge >= 0.3 is 5.97 Å². The summed E-state index contributed by atoms with van der Waals surface area (Å²) in [5.74, 6) is 0.468. The maximum absolute atomic E-state index is 13.2. The van der Waals surface area contributed by atoms with Crippen LogP contribution in [0.3, 0.4) is 0 Å². The zero-order valence-electron chi connectivity index (χ0n) is 17.4. The number of rotatable bonds is 4. The third-order valence-corrected chi connectivity index (χ3v) is 6.20. The Kier molecular flexibility index (Phi) is 5.36. The smallest absolute Gasteiger partial charge is 0.326 e. The van der Waals surface area contributed by atoms with E-state index in [9.17, 15) is 9.59 Å². The van der Waals surface area contributed by atoms with Crippen LogP contribution in [0.2, 0.25) is 0 Å². The lowest BCUT2D eigenvalue weighted by molar-refractivity contribution is -0.143. The third-order valence-electron chi connectivity index (χ3n) is 5.16. The molecule has 4 aromatic rings. The molecule has 2 heterocycles. The standard InChI is InChI=1S/C24H20N2O5S/c1-2-29-22(27)14-26-18-12-19-20(31-11-10-30-19)13-21(18)32-24(26)25-23(28)17-9-5-7-15-6-3-4-8-16(15)17/h3-9,12-13H,2,10-11,14H2,1H3. The molecule has 0 bridgehead atoms. The second-order valence-corrected chi connectivity index (χ2v) is 8.19. The van der Waals surface area contributed by atoms with E-state index >= 15 is 0 Å². The second kappa shape index (κ2) is 8.47. The zero-order valence-corrected chi connectivity index (χ0v) is 18.2. The van der Waals surface area contributed by atoms with E-state index in [4.69, 9.17) is 14.2 Å². The van der Waals surface area contributed by atoms with Crippen molar-refractivity contribution in [3.63, 3.8) is 0 Å². The largest absolute Gasteiger partial charge is 0.486 e. The van der Waals surface area contributed by atoms with Crippen molar-refractivity contribution in [1.29, 1.82) is 0 Å². The van der Waals surface area contributed by atoms with E-state index in [1.54, 1.807) is 17.6 Å². The summed E-state index contributed by atoms with van der Waals surface area (Å²) in [4.78, 5) is 30.3. The lowest BCUT2D eigenvalue weighted by atomic mass is 10.0. The molecule has 0 saturated heterocycles. The minimum absolute atomic E-state index is 0.0604. The van der Waals surface area contributed by atoms with Crippen LogP contribution in [0, 0.1) is 0 Å². The first-order valence-corrected chi connectivity index (χ1v) is 11.1. The van der Waals surface area contributed by atoms with Crippen molar-refractivity contribution in [1.82, 2.24) is 4.57 Å². The molecule has 0 unspecified atom stereocenters. The molecule has 32 heavy (non-hydrogen) atoms. The molecule has 0 atom stereocenters. The van der Waals surface area contributed by atoms with Gasteiger partial charge in [0.2, 0.25) is 0 Å². The van der Waals surface area contributed by atoms with Crippen LogP contribution in [0.15, 0.2) is 59.6 Å². The van der Waals surface area contributed by atoms with Gasteiger partial charge in [-0.3, -0.25) is 9.59 Å². The fraction of sp³-hybridized carbons (Fsp3) is 0.208. The van der Waals surface area contributed by atoms with E-state index in [1.165, 1.54) is 11.3 Å². The number of amides is 1. The molecule has 0 fully saturated rings. The Morgan fingerprint density at radius 1 is 1.06 bits per heavy atom. The molecule has 5 rings (SSSR count). The number of thiazole rings is 1. The van der Waals surface area contributed by atoms with Gasteiger partial charge in [0.05, 0.1) is 16.8 Å². The van der Waals surface area contributed by atoms with Gasteiger partial charge in [0.15, 0.2) is 16.3 Å². The fourth-order valence-electron chi connectivity index (χ4n) is 3.74. The predicted molar refractivity (Wildman–Crippen MR) is 121 cm³/mol. The molecule has 162 valence electrons. The summed E-state index contributed by atoms with van der Waals surface area (Å²) < 4.78 is 19.1. The zero-order chi connectivity index (χ0) is 22.1. The average Bonchev–Trinajstić information content (AvgIpc) is 3.12. The summed E-state index contributed by atoms with van der Waals surface area (Å²) >= 11 is 1.32. The van der Waals surface area contributed by atoms with Crippen molar-refractivity contribution < 1.29 is 23.8 Å². The Bertz CT molecular complexity index is 1410. The first-order valence-electron chi connectivity index (χ1n) is 10.3. The van der Waals surface area contributed by atoms with Crippen LogP contribution in [0.25, 0.3) is 21.0 Å². The quantitative estimate of drug-likeness (QED) is 0.442. The topological polar surface area (TPSA) is 79.1 Å². The molecule has 0 radical (unpaired) electrons. The molecule has 7 nitrogen and oxygen atoms in total. The Hall–Kier alpha value is -3.65. The molecule has 0 N–H and O–H groups in total. The predicted octanol–water partition coefficient (Wildman–Crippen LogP) is 3.93. The Balaban J connectivity index is 1.66. The van der Waals surface area contributed by atoms with Crippen molar-refractivity contribution in [2.75, 3.05) is 19.8 Å². The number of benzene rings is 3. The van der Waals surface area contributed by atoms with E-state index < -0.39 is 5.97 Å². The lowest BCUT2D eigenvalue weighted by Crippen LogP contribution is -2.23.